The van der Waals surface area contributed by atoms with Gasteiger partial charge in [-0.25, -0.2) is 59.9 Å². The Morgan fingerprint density at radius 2 is 0.750 bits per heavy atom. The van der Waals surface area contributed by atoms with E-state index < -0.39 is 35.5 Å². The number of hydrogen-bond donors (Lipinski definition) is 4. The molecule has 3 saturated heterocycles. The van der Waals surface area contributed by atoms with Crippen LogP contribution in [0.3, 0.4) is 0 Å². The lowest BCUT2D eigenvalue weighted by molar-refractivity contribution is 0.355. The largest absolute Gasteiger partial charge is 0.493 e. The van der Waals surface area contributed by atoms with Crippen LogP contribution in [0.25, 0.3) is 50.7 Å². The van der Waals surface area contributed by atoms with Crippen molar-refractivity contribution in [3.8, 4) is 68.3 Å². The fraction of sp³-hybridized carbons (Fsp3) is 0.391. The number of nitrogens with zero attached hydrogens (tertiary/aromatic N) is 12. The number of nitrogens with two attached hydrogens (primary N) is 1. The smallest absolute Gasteiger partial charge is 0.274 e. The molecule has 3 aliphatic heterocycles. The molecule has 0 aliphatic carbocycles. The van der Waals surface area contributed by atoms with Gasteiger partial charge in [0, 0.05) is 74.1 Å². The Morgan fingerprint density at radius 3 is 1.06 bits per heavy atom. The molecule has 0 unspecified atom stereocenters. The summed E-state index contributed by atoms with van der Waals surface area (Å²) < 4.78 is 119. The van der Waals surface area contributed by atoms with Crippen LogP contribution in [-0.2, 0) is 30.3 Å². The number of imidazole rings is 3. The normalized spacial score (nSPS) is 16.5. The highest BCUT2D eigenvalue weighted by Crippen LogP contribution is 2.40. The van der Waals surface area contributed by atoms with Crippen molar-refractivity contribution in [3.05, 3.63) is 137 Å². The fourth-order valence-electron chi connectivity index (χ4n) is 13.0. The minimum Gasteiger partial charge on any atom is -0.493 e. The third kappa shape index (κ3) is 15.2. The molecule has 100 heavy (non-hydrogen) atoms. The molecule has 9 heterocycles. The van der Waals surface area contributed by atoms with Gasteiger partial charge in [0.05, 0.1) is 121 Å². The van der Waals surface area contributed by atoms with E-state index in [1.807, 2.05) is 128 Å². The van der Waals surface area contributed by atoms with E-state index in [4.69, 9.17) is 63.8 Å². The number of rotatable bonds is 20. The van der Waals surface area contributed by atoms with E-state index in [1.165, 1.54) is 0 Å². The predicted octanol–water partition coefficient (Wildman–Crippen LogP) is 7.93. The number of ether oxygens (including phenoxy) is 6. The van der Waals surface area contributed by atoms with E-state index in [0.717, 1.165) is 109 Å². The molecule has 5 N–H and O–H groups in total. The number of fused-ring (bicyclic) bond motifs is 3. The van der Waals surface area contributed by atoms with Gasteiger partial charge >= 0.3 is 0 Å². The molecular weight excluding hydrogens is 1340 g/mol. The number of aromatic nitrogens is 9. The van der Waals surface area contributed by atoms with Gasteiger partial charge in [-0.3, -0.25) is 0 Å². The minimum atomic E-state index is -3.75. The second kappa shape index (κ2) is 29.4. The number of nitrogens with one attached hydrogen (secondary N) is 3. The van der Waals surface area contributed by atoms with Crippen LogP contribution in [0, 0.1) is 41.5 Å². The quantitative estimate of drug-likeness (QED) is 0.0563. The standard InChI is InChI=1S/C26H29N5O4S.C23H31N5O4S.C20H26N6O4S/c1-17-14-22(30-13-12-20(16-30)29-36(32,33)21-8-6-5-7-9-21)26-27-18(2)25(31(26)28-17)19-10-11-23(34-3)24(15-19)35-4;1-14(2)33(29,30)26-18-9-10-27(13-18)19-11-15(3)25-28-22(16(4)24-23(19)28)17-7-8-20(31-5)21(12-17)32-6;1-12-9-16(25-8-7-15(11-25)24-31(21,27)28)20-22-13(2)19(26(20)23-12)14-5-6-17(29-3)18(10-14)30-4/h5-11,14-15,20,29H,12-13,16H2,1-4H3;7-8,11-12,14,18,26H,9-10,13H2,1-6H3;5-6,9-10,15,24H,7-8,11H2,1-4H3,(H2,21,27,28)/t20-;18-;15-/m111/s1. The van der Waals surface area contributed by atoms with Crippen LogP contribution in [0.1, 0.15) is 67.3 Å². The zero-order valence-corrected chi connectivity index (χ0v) is 61.0. The van der Waals surface area contributed by atoms with Crippen molar-refractivity contribution in [2.45, 2.75) is 103 Å². The van der Waals surface area contributed by atoms with E-state index in [1.54, 1.807) is 86.8 Å². The summed E-state index contributed by atoms with van der Waals surface area (Å²) in [5.41, 5.74) is 15.3. The first-order chi connectivity index (χ1) is 47.6. The van der Waals surface area contributed by atoms with Gasteiger partial charge in [0.25, 0.3) is 10.2 Å². The van der Waals surface area contributed by atoms with Crippen molar-refractivity contribution in [2.24, 2.45) is 5.14 Å². The number of aryl methyl sites for hydroxylation is 6. The maximum atomic E-state index is 12.8. The second-order valence-electron chi connectivity index (χ2n) is 25.2. The molecule has 0 bridgehead atoms. The van der Waals surface area contributed by atoms with E-state index in [2.05, 4.69) is 28.9 Å². The molecule has 0 saturated carbocycles. The van der Waals surface area contributed by atoms with Crippen LogP contribution in [-0.4, -0.2) is 174 Å². The van der Waals surface area contributed by atoms with Gasteiger partial charge in [0.1, 0.15) is 0 Å². The summed E-state index contributed by atoms with van der Waals surface area (Å²) in [7, 11) is -1.01. The Balaban J connectivity index is 0.000000152. The Morgan fingerprint density at radius 1 is 0.430 bits per heavy atom. The molecular formula is C69H86N16O12S3. The lowest BCUT2D eigenvalue weighted by atomic mass is 10.1. The van der Waals surface area contributed by atoms with Gasteiger partial charge < -0.3 is 43.1 Å². The third-order valence-corrected chi connectivity index (χ3v) is 21.9. The molecule has 0 radical (unpaired) electrons. The third-order valence-electron chi connectivity index (χ3n) is 17.8. The molecule has 28 nitrogen and oxygen atoms in total. The number of sulfonamides is 2. The maximum Gasteiger partial charge on any atom is 0.274 e. The number of benzene rings is 4. The summed E-state index contributed by atoms with van der Waals surface area (Å²) >= 11 is 0. The maximum absolute atomic E-state index is 12.8. The molecule has 10 aromatic rings. The Bertz CT molecular complexity index is 5030. The van der Waals surface area contributed by atoms with Gasteiger partial charge in [0.2, 0.25) is 20.0 Å². The molecule has 532 valence electrons. The average molecular weight is 1430 g/mol. The lowest BCUT2D eigenvalue weighted by Crippen LogP contribution is -2.41. The van der Waals surface area contributed by atoms with Gasteiger partial charge in [0.15, 0.2) is 51.4 Å². The molecule has 13 rings (SSSR count). The summed E-state index contributed by atoms with van der Waals surface area (Å²) in [6, 6.07) is 31.1. The van der Waals surface area contributed by atoms with Crippen molar-refractivity contribution in [2.75, 3.05) is 96.6 Å². The van der Waals surface area contributed by atoms with E-state index >= 15 is 0 Å². The molecule has 31 heteroatoms. The van der Waals surface area contributed by atoms with E-state index in [9.17, 15) is 25.3 Å². The minimum absolute atomic E-state index is 0.132. The van der Waals surface area contributed by atoms with Crippen LogP contribution < -0.4 is 62.4 Å². The Labute approximate surface area is 583 Å². The molecule has 6 aromatic heterocycles. The van der Waals surface area contributed by atoms with Crippen LogP contribution in [0.2, 0.25) is 0 Å². The first-order valence-corrected chi connectivity index (χ1v) is 37.1. The van der Waals surface area contributed by atoms with Crippen molar-refractivity contribution in [3.63, 3.8) is 0 Å². The molecule has 3 fully saturated rings. The monoisotopic (exact) mass is 1430 g/mol. The predicted molar refractivity (Wildman–Crippen MR) is 385 cm³/mol. The zero-order chi connectivity index (χ0) is 71.7. The van der Waals surface area contributed by atoms with Crippen molar-refractivity contribution in [1.82, 2.24) is 58.0 Å². The zero-order valence-electron chi connectivity index (χ0n) is 58.6. The summed E-state index contributed by atoms with van der Waals surface area (Å²) in [6.07, 6.45) is 2.09. The lowest BCUT2D eigenvalue weighted by Gasteiger charge is -2.20. The highest BCUT2D eigenvalue weighted by atomic mass is 32.2. The van der Waals surface area contributed by atoms with E-state index in [0.29, 0.717) is 85.7 Å². The average Bonchev–Trinajstić information content (AvgIpc) is 1.61. The molecule has 0 spiro atoms. The fourth-order valence-corrected chi connectivity index (χ4v) is 15.9. The van der Waals surface area contributed by atoms with Gasteiger partial charge in [-0.05, 0) is 160 Å². The number of methoxy groups -OCH3 is 6. The molecule has 0 amide bonds. The summed E-state index contributed by atoms with van der Waals surface area (Å²) in [4.78, 5) is 21.3. The molecule has 4 aromatic carbocycles. The Kier molecular flexibility index (Phi) is 21.2. The summed E-state index contributed by atoms with van der Waals surface area (Å²) in [5, 5.41) is 18.9. The van der Waals surface area contributed by atoms with Crippen LogP contribution >= 0.6 is 0 Å². The first-order valence-electron chi connectivity index (χ1n) is 32.6. The summed E-state index contributed by atoms with van der Waals surface area (Å²) in [6.45, 7) is 18.8. The van der Waals surface area contributed by atoms with Crippen molar-refractivity contribution in [1.29, 1.82) is 0 Å². The van der Waals surface area contributed by atoms with Crippen LogP contribution in [0.4, 0.5) is 17.1 Å². The summed E-state index contributed by atoms with van der Waals surface area (Å²) in [5.74, 6) is 3.84. The highest BCUT2D eigenvalue weighted by molar-refractivity contribution is 7.90. The van der Waals surface area contributed by atoms with Crippen molar-refractivity contribution >= 4 is 64.3 Å². The van der Waals surface area contributed by atoms with Crippen molar-refractivity contribution < 1.29 is 53.7 Å². The number of hydrogen-bond acceptors (Lipinski definition) is 21. The van der Waals surface area contributed by atoms with Gasteiger partial charge in [-0.2, -0.15) is 28.4 Å². The van der Waals surface area contributed by atoms with Crippen LogP contribution in [0.15, 0.2) is 108 Å². The number of anilines is 3. The topological polar surface area (TPSA) is 320 Å². The first kappa shape index (κ1) is 71.9. The van der Waals surface area contributed by atoms with Gasteiger partial charge in [-0.1, -0.05) is 18.2 Å². The van der Waals surface area contributed by atoms with E-state index in [-0.39, 0.29) is 23.0 Å². The van der Waals surface area contributed by atoms with Gasteiger partial charge in [-0.15, -0.1) is 0 Å². The SMILES string of the molecule is COc1ccc(-c2c(C)nc3c(N4CC[C@@H](NS(=O)(=O)C(C)C)C4)cc(C)nn23)cc1OC.COc1ccc(-c2c(C)nc3c(N4CC[C@@H](NS(=O)(=O)c5ccccc5)C4)cc(C)nn23)cc1OC.COc1ccc(-c2c(C)nc3c(N4CC[C@@H](NS(N)(=O)=O)C4)cc(C)nn23)cc1OC. The molecule has 3 atom stereocenters. The molecule has 3 aliphatic rings. The Hall–Kier alpha value is -9.37. The second-order valence-corrected chi connectivity index (χ2v) is 30.5. The highest BCUT2D eigenvalue weighted by Gasteiger charge is 2.34. The van der Waals surface area contributed by atoms with Crippen LogP contribution in [0.5, 0.6) is 34.5 Å².